The van der Waals surface area contributed by atoms with Crippen LogP contribution in [-0.2, 0) is 11.3 Å². The molecule has 1 heterocycles. The number of nitrogens with one attached hydrogen (secondary N) is 2. The first kappa shape index (κ1) is 17.6. The second kappa shape index (κ2) is 8.78. The predicted octanol–water partition coefficient (Wildman–Crippen LogP) is 4.33. The monoisotopic (exact) mass is 362 g/mol. The summed E-state index contributed by atoms with van der Waals surface area (Å²) in [7, 11) is 0. The minimum absolute atomic E-state index is 0.230. The molecule has 3 aromatic rings. The van der Waals surface area contributed by atoms with E-state index in [2.05, 4.69) is 10.6 Å². The van der Waals surface area contributed by atoms with E-state index in [4.69, 9.17) is 0 Å². The Kier molecular flexibility index (Phi) is 5.96. The van der Waals surface area contributed by atoms with Gasteiger partial charge in [0.2, 0.25) is 5.91 Å². The third-order valence-corrected chi connectivity index (χ3v) is 4.51. The van der Waals surface area contributed by atoms with Crippen molar-refractivity contribution in [3.8, 4) is 0 Å². The summed E-state index contributed by atoms with van der Waals surface area (Å²) in [6.07, 6.45) is 3.21. The second-order valence-corrected chi connectivity index (χ2v) is 6.53. The number of rotatable bonds is 6. The molecule has 0 unspecified atom stereocenters. The van der Waals surface area contributed by atoms with Gasteiger partial charge in [-0.3, -0.25) is 9.59 Å². The molecule has 3 rings (SSSR count). The molecule has 0 saturated heterocycles. The molecule has 0 spiro atoms. The number of benzene rings is 2. The van der Waals surface area contributed by atoms with Crippen LogP contribution in [0.25, 0.3) is 6.08 Å². The summed E-state index contributed by atoms with van der Waals surface area (Å²) < 4.78 is 0. The van der Waals surface area contributed by atoms with Gasteiger partial charge in [-0.1, -0.05) is 48.5 Å². The molecule has 0 atom stereocenters. The molecule has 4 nitrogen and oxygen atoms in total. The van der Waals surface area contributed by atoms with Crippen molar-refractivity contribution >= 4 is 34.9 Å². The van der Waals surface area contributed by atoms with Crippen LogP contribution in [0.5, 0.6) is 0 Å². The SMILES string of the molecule is O=C(/C=C/c1cccs1)Nc1ccccc1C(=O)NCc1ccccc1. The highest BCUT2D eigenvalue weighted by atomic mass is 32.1. The van der Waals surface area contributed by atoms with Gasteiger partial charge < -0.3 is 10.6 Å². The summed E-state index contributed by atoms with van der Waals surface area (Å²) in [5.41, 5.74) is 1.93. The fourth-order valence-corrected chi connectivity index (χ4v) is 3.00. The highest BCUT2D eigenvalue weighted by Crippen LogP contribution is 2.16. The van der Waals surface area contributed by atoms with Crippen LogP contribution in [0.1, 0.15) is 20.8 Å². The lowest BCUT2D eigenvalue weighted by atomic mass is 10.1. The molecule has 2 aromatic carbocycles. The van der Waals surface area contributed by atoms with E-state index in [0.29, 0.717) is 17.8 Å². The minimum Gasteiger partial charge on any atom is -0.348 e. The summed E-state index contributed by atoms with van der Waals surface area (Å²) in [5, 5.41) is 7.60. The largest absolute Gasteiger partial charge is 0.348 e. The number of thiophene rings is 1. The normalized spacial score (nSPS) is 10.6. The highest BCUT2D eigenvalue weighted by Gasteiger charge is 2.12. The van der Waals surface area contributed by atoms with Gasteiger partial charge in [-0.25, -0.2) is 0 Å². The standard InChI is InChI=1S/C21H18N2O2S/c24-20(13-12-17-9-6-14-26-17)23-19-11-5-4-10-18(19)21(25)22-15-16-7-2-1-3-8-16/h1-14H,15H2,(H,22,25)(H,23,24)/b13-12+. The Bertz CT molecular complexity index is 903. The Morgan fingerprint density at radius 3 is 2.46 bits per heavy atom. The highest BCUT2D eigenvalue weighted by molar-refractivity contribution is 7.10. The zero-order valence-electron chi connectivity index (χ0n) is 14.0. The van der Waals surface area contributed by atoms with Gasteiger partial charge in [0, 0.05) is 17.5 Å². The van der Waals surface area contributed by atoms with Crippen LogP contribution in [-0.4, -0.2) is 11.8 Å². The topological polar surface area (TPSA) is 58.2 Å². The third kappa shape index (κ3) is 4.91. The lowest BCUT2D eigenvalue weighted by Gasteiger charge is -2.10. The van der Waals surface area contributed by atoms with Crippen LogP contribution in [0.3, 0.4) is 0 Å². The Labute approximate surface area is 156 Å². The molecule has 0 fully saturated rings. The first-order valence-corrected chi connectivity index (χ1v) is 9.04. The number of hydrogen-bond donors (Lipinski definition) is 2. The first-order chi connectivity index (χ1) is 12.7. The van der Waals surface area contributed by atoms with Crippen molar-refractivity contribution in [3.05, 3.63) is 94.2 Å². The zero-order valence-corrected chi connectivity index (χ0v) is 14.8. The van der Waals surface area contributed by atoms with Crippen LogP contribution in [0, 0.1) is 0 Å². The number of para-hydroxylation sites is 1. The number of hydrogen-bond acceptors (Lipinski definition) is 3. The molecule has 26 heavy (non-hydrogen) atoms. The maximum absolute atomic E-state index is 12.5. The van der Waals surface area contributed by atoms with Gasteiger partial charge >= 0.3 is 0 Å². The quantitative estimate of drug-likeness (QED) is 0.641. The van der Waals surface area contributed by atoms with Crippen LogP contribution < -0.4 is 10.6 Å². The summed E-state index contributed by atoms with van der Waals surface area (Å²) in [6.45, 7) is 0.431. The minimum atomic E-state index is -0.276. The molecular formula is C21H18N2O2S. The van der Waals surface area contributed by atoms with Crippen molar-refractivity contribution in [3.63, 3.8) is 0 Å². The zero-order chi connectivity index (χ0) is 18.2. The molecule has 5 heteroatoms. The maximum Gasteiger partial charge on any atom is 0.253 e. The number of amides is 2. The fourth-order valence-electron chi connectivity index (χ4n) is 2.38. The van der Waals surface area contributed by atoms with E-state index in [1.807, 2.05) is 47.8 Å². The first-order valence-electron chi connectivity index (χ1n) is 8.16. The Balaban J connectivity index is 1.65. The van der Waals surface area contributed by atoms with Crippen molar-refractivity contribution < 1.29 is 9.59 Å². The van der Waals surface area contributed by atoms with Crippen LogP contribution in [0.15, 0.2) is 78.2 Å². The molecule has 0 saturated carbocycles. The van der Waals surface area contributed by atoms with Gasteiger partial charge in [0.1, 0.15) is 0 Å². The van der Waals surface area contributed by atoms with Gasteiger partial charge in [-0.15, -0.1) is 11.3 Å². The van der Waals surface area contributed by atoms with Gasteiger partial charge in [-0.05, 0) is 35.2 Å². The van der Waals surface area contributed by atoms with Gasteiger partial charge in [0.05, 0.1) is 11.3 Å². The Morgan fingerprint density at radius 2 is 1.69 bits per heavy atom. The molecule has 130 valence electrons. The van der Waals surface area contributed by atoms with E-state index in [1.54, 1.807) is 41.7 Å². The average molecular weight is 362 g/mol. The van der Waals surface area contributed by atoms with Gasteiger partial charge in [0.25, 0.3) is 5.91 Å². The number of anilines is 1. The lowest BCUT2D eigenvalue weighted by Crippen LogP contribution is -2.24. The molecule has 0 radical (unpaired) electrons. The Morgan fingerprint density at radius 1 is 0.923 bits per heavy atom. The summed E-state index contributed by atoms with van der Waals surface area (Å²) in [6, 6.07) is 20.5. The fraction of sp³-hybridized carbons (Fsp3) is 0.0476. The molecule has 0 aliphatic heterocycles. The summed E-state index contributed by atoms with van der Waals surface area (Å²) >= 11 is 1.55. The van der Waals surface area contributed by atoms with E-state index in [0.717, 1.165) is 10.4 Å². The van der Waals surface area contributed by atoms with Crippen molar-refractivity contribution in [1.29, 1.82) is 0 Å². The molecule has 2 amide bonds. The van der Waals surface area contributed by atoms with E-state index in [1.165, 1.54) is 6.08 Å². The van der Waals surface area contributed by atoms with E-state index in [-0.39, 0.29) is 11.8 Å². The average Bonchev–Trinajstić information content (AvgIpc) is 3.19. The third-order valence-electron chi connectivity index (χ3n) is 3.67. The molecule has 2 N–H and O–H groups in total. The second-order valence-electron chi connectivity index (χ2n) is 5.55. The molecular weight excluding hydrogens is 344 g/mol. The van der Waals surface area contributed by atoms with Crippen LogP contribution >= 0.6 is 11.3 Å². The van der Waals surface area contributed by atoms with Crippen molar-refractivity contribution in [2.24, 2.45) is 0 Å². The summed E-state index contributed by atoms with van der Waals surface area (Å²) in [4.78, 5) is 25.6. The number of carbonyl (C=O) groups is 2. The smallest absolute Gasteiger partial charge is 0.253 e. The van der Waals surface area contributed by atoms with Crippen molar-refractivity contribution in [1.82, 2.24) is 5.32 Å². The van der Waals surface area contributed by atoms with E-state index < -0.39 is 0 Å². The molecule has 0 aliphatic carbocycles. The Hall–Kier alpha value is -3.18. The van der Waals surface area contributed by atoms with Crippen molar-refractivity contribution in [2.75, 3.05) is 5.32 Å². The molecule has 0 bridgehead atoms. The molecule has 1 aromatic heterocycles. The van der Waals surface area contributed by atoms with Crippen molar-refractivity contribution in [2.45, 2.75) is 6.54 Å². The van der Waals surface area contributed by atoms with Gasteiger partial charge in [-0.2, -0.15) is 0 Å². The maximum atomic E-state index is 12.5. The van der Waals surface area contributed by atoms with E-state index in [9.17, 15) is 9.59 Å². The lowest BCUT2D eigenvalue weighted by molar-refractivity contribution is -0.111. The predicted molar refractivity (Wildman–Crippen MR) is 106 cm³/mol. The van der Waals surface area contributed by atoms with Crippen LogP contribution in [0.2, 0.25) is 0 Å². The van der Waals surface area contributed by atoms with Crippen LogP contribution in [0.4, 0.5) is 5.69 Å². The summed E-state index contributed by atoms with van der Waals surface area (Å²) in [5.74, 6) is -0.506. The van der Waals surface area contributed by atoms with E-state index >= 15 is 0 Å². The number of carbonyl (C=O) groups excluding carboxylic acids is 2. The molecule has 0 aliphatic rings. The van der Waals surface area contributed by atoms with Gasteiger partial charge in [0.15, 0.2) is 0 Å².